The highest BCUT2D eigenvalue weighted by Gasteiger charge is 2.12. The summed E-state index contributed by atoms with van der Waals surface area (Å²) in [5.74, 6) is 2.05. The van der Waals surface area contributed by atoms with Crippen LogP contribution in [0, 0.1) is 0 Å². The van der Waals surface area contributed by atoms with Crippen LogP contribution in [0.3, 0.4) is 0 Å². The molecule has 0 bridgehead atoms. The van der Waals surface area contributed by atoms with E-state index in [-0.39, 0.29) is 0 Å². The molecular weight excluding hydrogens is 398 g/mol. The SMILES string of the molecule is CCOc1c(Cl)cc(CNCCSc2nnnn2-c2ccccc2)cc1OC. The standard InChI is InChI=1S/C19H22ClN5O2S/c1-3-27-18-16(20)11-14(12-17(18)26-2)13-21-9-10-28-19-22-23-24-25(19)15-7-5-4-6-8-15/h4-8,11-12,21H,3,9-10,13H2,1-2H3. The number of rotatable bonds is 10. The summed E-state index contributed by atoms with van der Waals surface area (Å²) in [6.07, 6.45) is 0. The van der Waals surface area contributed by atoms with Gasteiger partial charge >= 0.3 is 0 Å². The van der Waals surface area contributed by atoms with Crippen molar-refractivity contribution < 1.29 is 9.47 Å². The fourth-order valence-corrected chi connectivity index (χ4v) is 3.68. The average molecular weight is 420 g/mol. The minimum Gasteiger partial charge on any atom is -0.493 e. The predicted molar refractivity (Wildman–Crippen MR) is 111 cm³/mol. The molecule has 1 N–H and O–H groups in total. The molecule has 7 nitrogen and oxygen atoms in total. The number of halogens is 1. The minimum absolute atomic E-state index is 0.535. The molecule has 1 aromatic heterocycles. The highest BCUT2D eigenvalue weighted by atomic mass is 35.5. The molecular formula is C19H22ClN5O2S. The molecule has 0 aliphatic carbocycles. The number of aromatic nitrogens is 4. The van der Waals surface area contributed by atoms with Crippen molar-refractivity contribution in [3.63, 3.8) is 0 Å². The number of para-hydroxylation sites is 1. The van der Waals surface area contributed by atoms with Gasteiger partial charge < -0.3 is 14.8 Å². The molecule has 3 rings (SSSR count). The number of hydrogen-bond acceptors (Lipinski definition) is 7. The second-order valence-electron chi connectivity index (χ2n) is 5.78. The van der Waals surface area contributed by atoms with Gasteiger partial charge in [0.25, 0.3) is 0 Å². The third kappa shape index (κ3) is 5.15. The van der Waals surface area contributed by atoms with Gasteiger partial charge in [-0.05, 0) is 47.2 Å². The maximum Gasteiger partial charge on any atom is 0.214 e. The van der Waals surface area contributed by atoms with Gasteiger partial charge in [0.2, 0.25) is 5.16 Å². The monoisotopic (exact) mass is 419 g/mol. The Morgan fingerprint density at radius 2 is 2.04 bits per heavy atom. The molecule has 0 fully saturated rings. The lowest BCUT2D eigenvalue weighted by molar-refractivity contribution is 0.311. The van der Waals surface area contributed by atoms with Gasteiger partial charge in [-0.2, -0.15) is 4.68 Å². The minimum atomic E-state index is 0.535. The number of tetrazole rings is 1. The normalized spacial score (nSPS) is 10.8. The fraction of sp³-hybridized carbons (Fsp3) is 0.316. The molecule has 0 unspecified atom stereocenters. The summed E-state index contributed by atoms with van der Waals surface area (Å²) in [5, 5.41) is 16.6. The first-order valence-electron chi connectivity index (χ1n) is 8.89. The molecule has 0 amide bonds. The number of nitrogens with one attached hydrogen (secondary N) is 1. The lowest BCUT2D eigenvalue weighted by atomic mass is 10.2. The van der Waals surface area contributed by atoms with Crippen molar-refractivity contribution in [2.24, 2.45) is 0 Å². The lowest BCUT2D eigenvalue weighted by Gasteiger charge is -2.13. The molecule has 0 saturated heterocycles. The zero-order chi connectivity index (χ0) is 19.8. The largest absolute Gasteiger partial charge is 0.493 e. The quantitative estimate of drug-likeness (QED) is 0.397. The first-order valence-corrected chi connectivity index (χ1v) is 10.3. The van der Waals surface area contributed by atoms with Crippen molar-refractivity contribution in [1.29, 1.82) is 0 Å². The van der Waals surface area contributed by atoms with Crippen molar-refractivity contribution in [2.75, 3.05) is 26.0 Å². The Kier molecular flexibility index (Phi) is 7.53. The molecule has 9 heteroatoms. The van der Waals surface area contributed by atoms with Crippen molar-refractivity contribution in [3.8, 4) is 17.2 Å². The van der Waals surface area contributed by atoms with Gasteiger partial charge in [0, 0.05) is 18.8 Å². The first-order chi connectivity index (χ1) is 13.7. The van der Waals surface area contributed by atoms with Gasteiger partial charge in [0.1, 0.15) is 0 Å². The fourth-order valence-electron chi connectivity index (χ4n) is 2.61. The number of benzene rings is 2. The summed E-state index contributed by atoms with van der Waals surface area (Å²) in [5.41, 5.74) is 1.98. The number of ether oxygens (including phenoxy) is 2. The zero-order valence-corrected chi connectivity index (χ0v) is 17.3. The van der Waals surface area contributed by atoms with Crippen LogP contribution in [0.2, 0.25) is 5.02 Å². The molecule has 0 saturated carbocycles. The van der Waals surface area contributed by atoms with Gasteiger partial charge in [-0.25, -0.2) is 0 Å². The maximum atomic E-state index is 6.31. The van der Waals surface area contributed by atoms with E-state index in [1.54, 1.807) is 23.6 Å². The van der Waals surface area contributed by atoms with Crippen LogP contribution in [0.5, 0.6) is 11.5 Å². The highest BCUT2D eigenvalue weighted by Crippen LogP contribution is 2.36. The summed E-state index contributed by atoms with van der Waals surface area (Å²) in [7, 11) is 1.61. The molecule has 148 valence electrons. The van der Waals surface area contributed by atoms with Crippen LogP contribution in [0.1, 0.15) is 12.5 Å². The van der Waals surface area contributed by atoms with Crippen molar-refractivity contribution in [1.82, 2.24) is 25.5 Å². The molecule has 28 heavy (non-hydrogen) atoms. The van der Waals surface area contributed by atoms with E-state index < -0.39 is 0 Å². The second-order valence-corrected chi connectivity index (χ2v) is 7.25. The summed E-state index contributed by atoms with van der Waals surface area (Å²) >= 11 is 7.91. The Hall–Kier alpha value is -2.29. The van der Waals surface area contributed by atoms with E-state index in [4.69, 9.17) is 21.1 Å². The third-order valence-corrected chi connectivity index (χ3v) is 5.06. The molecule has 0 aliphatic heterocycles. The molecule has 0 atom stereocenters. The first kappa shape index (κ1) is 20.4. The van der Waals surface area contributed by atoms with E-state index in [2.05, 4.69) is 20.8 Å². The Morgan fingerprint density at radius 1 is 1.21 bits per heavy atom. The van der Waals surface area contributed by atoms with Crippen molar-refractivity contribution in [2.45, 2.75) is 18.6 Å². The topological polar surface area (TPSA) is 74.1 Å². The lowest BCUT2D eigenvalue weighted by Crippen LogP contribution is -2.17. The van der Waals surface area contributed by atoms with E-state index in [1.165, 1.54) is 0 Å². The van der Waals surface area contributed by atoms with E-state index in [0.717, 1.165) is 28.7 Å². The summed E-state index contributed by atoms with van der Waals surface area (Å²) in [6.45, 7) is 3.91. The Labute approximate surface area is 173 Å². The van der Waals surface area contributed by atoms with Gasteiger partial charge in [-0.3, -0.25) is 0 Å². The molecule has 0 aliphatic rings. The van der Waals surface area contributed by atoms with Crippen LogP contribution in [0.4, 0.5) is 0 Å². The summed E-state index contributed by atoms with van der Waals surface area (Å²) in [6, 6.07) is 13.7. The number of nitrogens with zero attached hydrogens (tertiary/aromatic N) is 4. The highest BCUT2D eigenvalue weighted by molar-refractivity contribution is 7.99. The molecule has 2 aromatic carbocycles. The van der Waals surface area contributed by atoms with Crippen LogP contribution in [0.25, 0.3) is 5.69 Å². The van der Waals surface area contributed by atoms with Crippen LogP contribution in [-0.2, 0) is 6.54 Å². The third-order valence-electron chi connectivity index (χ3n) is 3.86. The van der Waals surface area contributed by atoms with Gasteiger partial charge in [0.05, 0.1) is 24.4 Å². The summed E-state index contributed by atoms with van der Waals surface area (Å²) < 4.78 is 12.7. The van der Waals surface area contributed by atoms with Crippen molar-refractivity contribution >= 4 is 23.4 Å². The molecule has 0 spiro atoms. The Balaban J connectivity index is 1.51. The predicted octanol–water partition coefficient (Wildman–Crippen LogP) is 3.60. The molecule has 3 aromatic rings. The Morgan fingerprint density at radius 3 is 2.79 bits per heavy atom. The van der Waals surface area contributed by atoms with Gasteiger partial charge in [0.15, 0.2) is 11.5 Å². The van der Waals surface area contributed by atoms with E-state index in [9.17, 15) is 0 Å². The van der Waals surface area contributed by atoms with E-state index >= 15 is 0 Å². The summed E-state index contributed by atoms with van der Waals surface area (Å²) in [4.78, 5) is 0. The maximum absolute atomic E-state index is 6.31. The Bertz CT molecular complexity index is 891. The smallest absolute Gasteiger partial charge is 0.214 e. The zero-order valence-electron chi connectivity index (χ0n) is 15.8. The van der Waals surface area contributed by atoms with E-state index in [0.29, 0.717) is 29.7 Å². The van der Waals surface area contributed by atoms with Crippen LogP contribution >= 0.6 is 23.4 Å². The van der Waals surface area contributed by atoms with Crippen LogP contribution < -0.4 is 14.8 Å². The van der Waals surface area contributed by atoms with Gasteiger partial charge in [-0.1, -0.05) is 41.6 Å². The number of hydrogen-bond donors (Lipinski definition) is 1. The number of thioether (sulfide) groups is 1. The van der Waals surface area contributed by atoms with Crippen LogP contribution in [0.15, 0.2) is 47.6 Å². The van der Waals surface area contributed by atoms with E-state index in [1.807, 2.05) is 49.4 Å². The molecule has 0 radical (unpaired) electrons. The van der Waals surface area contributed by atoms with Crippen molar-refractivity contribution in [3.05, 3.63) is 53.1 Å². The second kappa shape index (κ2) is 10.3. The number of methoxy groups -OCH3 is 1. The van der Waals surface area contributed by atoms with Crippen LogP contribution in [-0.4, -0.2) is 46.2 Å². The average Bonchev–Trinajstić information content (AvgIpc) is 3.18. The molecule has 1 heterocycles. The van der Waals surface area contributed by atoms with Gasteiger partial charge in [-0.15, -0.1) is 5.10 Å².